The summed E-state index contributed by atoms with van der Waals surface area (Å²) in [5.74, 6) is 0. The van der Waals surface area contributed by atoms with E-state index in [9.17, 15) is 4.79 Å². The number of hydrogen-bond acceptors (Lipinski definition) is 1. The Hall–Kier alpha value is -3.71. The fourth-order valence-corrected chi connectivity index (χ4v) is 5.13. The van der Waals surface area contributed by atoms with Crippen molar-refractivity contribution in [3.05, 3.63) is 95.2 Å². The molecule has 0 spiro atoms. The Kier molecular flexibility index (Phi) is 2.44. The van der Waals surface area contributed by atoms with Gasteiger partial charge in [-0.05, 0) is 59.9 Å². The second-order valence-corrected chi connectivity index (χ2v) is 7.69. The number of hydrogen-bond donors (Lipinski definition) is 0. The minimum atomic E-state index is 0.153. The lowest BCUT2D eigenvalue weighted by atomic mass is 9.92. The van der Waals surface area contributed by atoms with Crippen molar-refractivity contribution >= 4 is 64.6 Å². The molecule has 7 aromatic rings. The van der Waals surface area contributed by atoms with Gasteiger partial charge in [-0.2, -0.15) is 0 Å². The van der Waals surface area contributed by atoms with Crippen molar-refractivity contribution < 1.29 is 0 Å². The van der Waals surface area contributed by atoms with Crippen molar-refractivity contribution in [2.45, 2.75) is 0 Å². The Morgan fingerprint density at radius 3 is 1.93 bits per heavy atom. The summed E-state index contributed by atoms with van der Waals surface area (Å²) < 4.78 is 0. The number of rotatable bonds is 0. The van der Waals surface area contributed by atoms with Gasteiger partial charge in [-0.25, -0.2) is 0 Å². The molecule has 0 aliphatic rings. The first-order valence-corrected chi connectivity index (χ1v) is 9.58. The van der Waals surface area contributed by atoms with E-state index >= 15 is 0 Å². The predicted octanol–water partition coefficient (Wildman–Crippen LogP) is 6.84. The van der Waals surface area contributed by atoms with Crippen LogP contribution in [-0.4, -0.2) is 0 Å². The number of fused-ring (bicyclic) bond motifs is 6. The molecule has 0 N–H and O–H groups in total. The van der Waals surface area contributed by atoms with Crippen molar-refractivity contribution in [1.29, 1.82) is 0 Å². The first-order chi connectivity index (χ1) is 13.8. The molecular formula is C27H14O. The molecule has 1 nitrogen and oxygen atoms in total. The lowest BCUT2D eigenvalue weighted by Crippen LogP contribution is -1.96. The zero-order valence-corrected chi connectivity index (χ0v) is 15.0. The standard InChI is InChI=1S/C27H14O/c28-27-25-19-7-2-1-4-15(19)10-12-20(25)22-14-18-9-8-16-5-3-6-17-11-13-21(26(22)27)24(18)23(16)17/h1-14H. The van der Waals surface area contributed by atoms with Crippen LogP contribution in [0.25, 0.3) is 64.6 Å². The van der Waals surface area contributed by atoms with Crippen molar-refractivity contribution in [2.75, 3.05) is 0 Å². The Morgan fingerprint density at radius 2 is 1.04 bits per heavy atom. The zero-order valence-electron chi connectivity index (χ0n) is 15.0. The van der Waals surface area contributed by atoms with Gasteiger partial charge in [-0.3, -0.25) is 4.79 Å². The largest absolute Gasteiger partial charge is 0.289 e. The van der Waals surface area contributed by atoms with Gasteiger partial charge >= 0.3 is 0 Å². The second-order valence-electron chi connectivity index (χ2n) is 7.69. The first-order valence-electron chi connectivity index (χ1n) is 9.58. The van der Waals surface area contributed by atoms with E-state index in [0.29, 0.717) is 0 Å². The van der Waals surface area contributed by atoms with Gasteiger partial charge < -0.3 is 0 Å². The van der Waals surface area contributed by atoms with Gasteiger partial charge in [0.1, 0.15) is 0 Å². The van der Waals surface area contributed by atoms with Crippen LogP contribution in [0.4, 0.5) is 0 Å². The maximum atomic E-state index is 13.6. The molecule has 0 bridgehead atoms. The Balaban J connectivity index is 1.86. The third-order valence-electron chi connectivity index (χ3n) is 6.32. The van der Waals surface area contributed by atoms with Gasteiger partial charge in [0.15, 0.2) is 5.43 Å². The minimum absolute atomic E-state index is 0.153. The highest BCUT2D eigenvalue weighted by molar-refractivity contribution is 6.34. The molecule has 128 valence electrons. The van der Waals surface area contributed by atoms with E-state index < -0.39 is 0 Å². The van der Waals surface area contributed by atoms with Crippen molar-refractivity contribution in [1.82, 2.24) is 0 Å². The Morgan fingerprint density at radius 1 is 0.393 bits per heavy atom. The minimum Gasteiger partial charge on any atom is -0.289 e. The normalized spacial score (nSPS) is 12.4. The van der Waals surface area contributed by atoms with E-state index in [1.165, 1.54) is 26.9 Å². The summed E-state index contributed by atoms with van der Waals surface area (Å²) in [6, 6.07) is 29.7. The molecule has 0 heterocycles. The summed E-state index contributed by atoms with van der Waals surface area (Å²) in [4.78, 5) is 13.6. The molecule has 7 rings (SSSR count). The van der Waals surface area contributed by atoms with E-state index in [1.54, 1.807) is 0 Å². The molecule has 0 aliphatic carbocycles. The quantitative estimate of drug-likeness (QED) is 0.272. The van der Waals surface area contributed by atoms with Crippen LogP contribution in [0.1, 0.15) is 0 Å². The third kappa shape index (κ3) is 1.57. The average molecular weight is 354 g/mol. The third-order valence-corrected chi connectivity index (χ3v) is 6.32. The molecule has 0 fully saturated rings. The molecule has 0 aliphatic heterocycles. The number of benzene rings is 6. The highest BCUT2D eigenvalue weighted by Crippen LogP contribution is 2.40. The fourth-order valence-electron chi connectivity index (χ4n) is 5.13. The summed E-state index contributed by atoms with van der Waals surface area (Å²) >= 11 is 0. The van der Waals surface area contributed by atoms with Gasteiger partial charge in [0, 0.05) is 10.8 Å². The maximum Gasteiger partial charge on any atom is 0.195 e. The lowest BCUT2D eigenvalue weighted by molar-refractivity contribution is 1.79. The van der Waals surface area contributed by atoms with Crippen LogP contribution >= 0.6 is 0 Å². The highest BCUT2D eigenvalue weighted by atomic mass is 16.1. The summed E-state index contributed by atoms with van der Waals surface area (Å²) in [5.41, 5.74) is 0.153. The maximum absolute atomic E-state index is 13.6. The van der Waals surface area contributed by atoms with E-state index in [4.69, 9.17) is 0 Å². The molecule has 1 heteroatoms. The molecule has 0 unspecified atom stereocenters. The molecule has 0 saturated heterocycles. The Labute approximate surface area is 160 Å². The van der Waals surface area contributed by atoms with Crippen LogP contribution in [0.15, 0.2) is 89.7 Å². The van der Waals surface area contributed by atoms with E-state index in [0.717, 1.165) is 37.7 Å². The summed E-state index contributed by atoms with van der Waals surface area (Å²) in [7, 11) is 0. The summed E-state index contributed by atoms with van der Waals surface area (Å²) in [5, 5.41) is 13.2. The van der Waals surface area contributed by atoms with E-state index in [1.807, 2.05) is 12.1 Å². The van der Waals surface area contributed by atoms with Gasteiger partial charge in [-0.15, -0.1) is 0 Å². The van der Waals surface area contributed by atoms with Gasteiger partial charge in [-0.1, -0.05) is 78.9 Å². The van der Waals surface area contributed by atoms with Crippen LogP contribution in [0, 0.1) is 0 Å². The monoisotopic (exact) mass is 354 g/mol. The smallest absolute Gasteiger partial charge is 0.195 e. The van der Waals surface area contributed by atoms with Crippen molar-refractivity contribution in [2.24, 2.45) is 0 Å². The molecule has 0 aromatic heterocycles. The van der Waals surface area contributed by atoms with Crippen LogP contribution in [0.5, 0.6) is 0 Å². The molecule has 0 atom stereocenters. The second kappa shape index (κ2) is 4.76. The predicted molar refractivity (Wildman–Crippen MR) is 120 cm³/mol. The molecule has 0 amide bonds. The fraction of sp³-hybridized carbons (Fsp3) is 0. The Bertz CT molecular complexity index is 1760. The molecule has 7 aromatic carbocycles. The van der Waals surface area contributed by atoms with Gasteiger partial charge in [0.05, 0.1) is 0 Å². The summed E-state index contributed by atoms with van der Waals surface area (Å²) in [6.07, 6.45) is 0. The van der Waals surface area contributed by atoms with E-state index in [2.05, 4.69) is 72.8 Å². The van der Waals surface area contributed by atoms with Gasteiger partial charge in [0.2, 0.25) is 0 Å². The average Bonchev–Trinajstić information content (AvgIpc) is 3.04. The van der Waals surface area contributed by atoms with Crippen molar-refractivity contribution in [3.8, 4) is 0 Å². The van der Waals surface area contributed by atoms with Crippen LogP contribution in [0.2, 0.25) is 0 Å². The van der Waals surface area contributed by atoms with Crippen LogP contribution < -0.4 is 5.43 Å². The van der Waals surface area contributed by atoms with E-state index in [-0.39, 0.29) is 5.43 Å². The topological polar surface area (TPSA) is 17.1 Å². The van der Waals surface area contributed by atoms with Crippen molar-refractivity contribution in [3.63, 3.8) is 0 Å². The molecule has 28 heavy (non-hydrogen) atoms. The SMILES string of the molecule is O=c1c2c3ccccc3ccc2c2cc3ccc4cccc5ccc(c12)c3c45. The summed E-state index contributed by atoms with van der Waals surface area (Å²) in [6.45, 7) is 0. The first kappa shape index (κ1) is 14.4. The molecule has 0 radical (unpaired) electrons. The van der Waals surface area contributed by atoms with Crippen LogP contribution in [-0.2, 0) is 0 Å². The molecule has 0 saturated carbocycles. The highest BCUT2D eigenvalue weighted by Gasteiger charge is 2.18. The lowest BCUT2D eigenvalue weighted by Gasteiger charge is -2.11. The van der Waals surface area contributed by atoms with Crippen LogP contribution in [0.3, 0.4) is 0 Å². The van der Waals surface area contributed by atoms with Gasteiger partial charge in [0.25, 0.3) is 0 Å². The molecular weight excluding hydrogens is 340 g/mol. The zero-order chi connectivity index (χ0) is 18.4.